The summed E-state index contributed by atoms with van der Waals surface area (Å²) in [6.45, 7) is 4.66. The molecule has 68 valence electrons. The Bertz CT molecular complexity index is 242. The second-order valence-corrected chi connectivity index (χ2v) is 3.24. The molecule has 0 aromatic carbocycles. The van der Waals surface area contributed by atoms with E-state index < -0.39 is 0 Å². The Balaban J connectivity index is 2.64. The Morgan fingerprint density at radius 3 is 2.75 bits per heavy atom. The second-order valence-electron chi connectivity index (χ2n) is 3.24. The predicted molar refractivity (Wildman–Crippen MR) is 45.9 cm³/mol. The normalized spacial score (nSPS) is 11.5. The highest BCUT2D eigenvalue weighted by Crippen LogP contribution is 2.06. The van der Waals surface area contributed by atoms with Crippen LogP contribution in [0.5, 0.6) is 0 Å². The summed E-state index contributed by atoms with van der Waals surface area (Å²) >= 11 is 0. The molecule has 1 aromatic heterocycles. The third-order valence-electron chi connectivity index (χ3n) is 1.60. The van der Waals surface area contributed by atoms with E-state index in [9.17, 15) is 0 Å². The first-order chi connectivity index (χ1) is 5.59. The van der Waals surface area contributed by atoms with Crippen LogP contribution in [0.1, 0.15) is 25.5 Å². The molecule has 1 aromatic rings. The van der Waals surface area contributed by atoms with Crippen molar-refractivity contribution in [2.45, 2.75) is 26.4 Å². The molecule has 0 spiro atoms. The van der Waals surface area contributed by atoms with E-state index in [1.165, 1.54) is 0 Å². The minimum absolute atomic E-state index is 0.378. The fourth-order valence-corrected chi connectivity index (χ4v) is 1.01. The van der Waals surface area contributed by atoms with Crippen LogP contribution in [0.3, 0.4) is 0 Å². The number of rotatable bonds is 3. The number of hydrogen-bond acceptors (Lipinski definition) is 3. The first-order valence-electron chi connectivity index (χ1n) is 4.02. The van der Waals surface area contributed by atoms with Gasteiger partial charge in [-0.1, -0.05) is 0 Å². The number of hydrogen-bond donors (Lipinski definition) is 1. The highest BCUT2D eigenvalue weighted by atomic mass is 16.5. The van der Waals surface area contributed by atoms with Crippen molar-refractivity contribution in [2.75, 3.05) is 7.05 Å². The fraction of sp³-hybridized carbons (Fsp3) is 0.625. The maximum Gasteiger partial charge on any atom is 0.0535 e. The zero-order valence-corrected chi connectivity index (χ0v) is 7.73. The molecule has 1 N–H and O–H groups in total. The summed E-state index contributed by atoms with van der Waals surface area (Å²) in [5.41, 5.74) is 1.02. The molecule has 0 unspecified atom stereocenters. The summed E-state index contributed by atoms with van der Waals surface area (Å²) in [6, 6.07) is 0.378. The molecular formula is C8H15N3O. The van der Waals surface area contributed by atoms with E-state index in [4.69, 9.17) is 5.21 Å². The lowest BCUT2D eigenvalue weighted by molar-refractivity contribution is -0.0731. The minimum atomic E-state index is 0.378. The van der Waals surface area contributed by atoms with Crippen LogP contribution >= 0.6 is 0 Å². The van der Waals surface area contributed by atoms with Gasteiger partial charge in [-0.05, 0) is 13.8 Å². The van der Waals surface area contributed by atoms with Gasteiger partial charge in [0.1, 0.15) is 0 Å². The quantitative estimate of drug-likeness (QED) is 0.693. The average Bonchev–Trinajstić information content (AvgIpc) is 2.34. The van der Waals surface area contributed by atoms with Crippen molar-refractivity contribution < 1.29 is 5.21 Å². The Hall–Kier alpha value is -0.870. The van der Waals surface area contributed by atoms with E-state index >= 15 is 0 Å². The second kappa shape index (κ2) is 3.69. The smallest absolute Gasteiger partial charge is 0.0535 e. The molecule has 0 fully saturated rings. The van der Waals surface area contributed by atoms with Crippen LogP contribution in [-0.2, 0) is 6.54 Å². The monoisotopic (exact) mass is 169 g/mol. The van der Waals surface area contributed by atoms with Crippen LogP contribution in [0.2, 0.25) is 0 Å². The molecule has 12 heavy (non-hydrogen) atoms. The van der Waals surface area contributed by atoms with E-state index in [-0.39, 0.29) is 0 Å². The summed E-state index contributed by atoms with van der Waals surface area (Å²) in [6.07, 6.45) is 3.71. The molecule has 0 saturated carbocycles. The lowest BCUT2D eigenvalue weighted by Crippen LogP contribution is -2.11. The third kappa shape index (κ3) is 2.32. The Morgan fingerprint density at radius 1 is 1.67 bits per heavy atom. The predicted octanol–water partition coefficient (Wildman–Crippen LogP) is 1.28. The van der Waals surface area contributed by atoms with Gasteiger partial charge in [0.2, 0.25) is 0 Å². The van der Waals surface area contributed by atoms with Crippen molar-refractivity contribution in [1.82, 2.24) is 14.8 Å². The van der Waals surface area contributed by atoms with Gasteiger partial charge >= 0.3 is 0 Å². The maximum absolute atomic E-state index is 8.95. The summed E-state index contributed by atoms with van der Waals surface area (Å²) in [5, 5.41) is 14.2. The molecule has 0 saturated heterocycles. The van der Waals surface area contributed by atoms with Gasteiger partial charge in [-0.15, -0.1) is 0 Å². The van der Waals surface area contributed by atoms with Gasteiger partial charge in [0.15, 0.2) is 0 Å². The molecule has 0 aliphatic heterocycles. The highest BCUT2D eigenvalue weighted by molar-refractivity contribution is 5.03. The van der Waals surface area contributed by atoms with Crippen LogP contribution < -0.4 is 0 Å². The number of hydroxylamine groups is 2. The molecule has 0 aliphatic rings. The zero-order valence-electron chi connectivity index (χ0n) is 7.73. The first-order valence-corrected chi connectivity index (χ1v) is 4.02. The van der Waals surface area contributed by atoms with Gasteiger partial charge < -0.3 is 5.21 Å². The molecule has 1 rings (SSSR count). The largest absolute Gasteiger partial charge is 0.314 e. The van der Waals surface area contributed by atoms with E-state index in [1.807, 2.05) is 10.9 Å². The van der Waals surface area contributed by atoms with Crippen molar-refractivity contribution >= 4 is 0 Å². The number of aromatic nitrogens is 2. The van der Waals surface area contributed by atoms with Crippen molar-refractivity contribution in [2.24, 2.45) is 0 Å². The van der Waals surface area contributed by atoms with Gasteiger partial charge in [-0.2, -0.15) is 10.2 Å². The lowest BCUT2D eigenvalue weighted by Gasteiger charge is -2.05. The van der Waals surface area contributed by atoms with E-state index in [0.717, 1.165) is 10.6 Å². The summed E-state index contributed by atoms with van der Waals surface area (Å²) in [7, 11) is 1.62. The summed E-state index contributed by atoms with van der Waals surface area (Å²) in [4.78, 5) is 0. The Kier molecular flexibility index (Phi) is 2.83. The number of nitrogens with zero attached hydrogens (tertiary/aromatic N) is 3. The zero-order chi connectivity index (χ0) is 9.14. The molecule has 1 heterocycles. The van der Waals surface area contributed by atoms with E-state index in [2.05, 4.69) is 18.9 Å². The molecule has 0 bridgehead atoms. The highest BCUT2D eigenvalue weighted by Gasteiger charge is 2.02. The van der Waals surface area contributed by atoms with Gasteiger partial charge in [0.25, 0.3) is 0 Å². The SMILES string of the molecule is CC(C)n1cc(CN(C)O)cn1. The van der Waals surface area contributed by atoms with Gasteiger partial charge in [-0.3, -0.25) is 4.68 Å². The summed E-state index contributed by atoms with van der Waals surface area (Å²) in [5.74, 6) is 0. The standard InChI is InChI=1S/C8H15N3O/c1-7(2)11-6-8(4-9-11)5-10(3)12/h4,6-7,12H,5H2,1-3H3. The Morgan fingerprint density at radius 2 is 2.33 bits per heavy atom. The lowest BCUT2D eigenvalue weighted by atomic mass is 10.3. The topological polar surface area (TPSA) is 41.3 Å². The van der Waals surface area contributed by atoms with Crippen LogP contribution in [-0.4, -0.2) is 27.1 Å². The van der Waals surface area contributed by atoms with Crippen molar-refractivity contribution in [1.29, 1.82) is 0 Å². The van der Waals surface area contributed by atoms with Crippen LogP contribution in [0.15, 0.2) is 12.4 Å². The average molecular weight is 169 g/mol. The molecular weight excluding hydrogens is 154 g/mol. The molecule has 0 atom stereocenters. The van der Waals surface area contributed by atoms with Crippen LogP contribution in [0, 0.1) is 0 Å². The van der Waals surface area contributed by atoms with Crippen LogP contribution in [0.25, 0.3) is 0 Å². The maximum atomic E-state index is 8.95. The van der Waals surface area contributed by atoms with Crippen molar-refractivity contribution in [3.05, 3.63) is 18.0 Å². The molecule has 0 radical (unpaired) electrons. The molecule has 4 heteroatoms. The van der Waals surface area contributed by atoms with Gasteiger partial charge in [-0.25, -0.2) is 0 Å². The Labute approximate surface area is 72.4 Å². The van der Waals surface area contributed by atoms with E-state index in [1.54, 1.807) is 13.2 Å². The van der Waals surface area contributed by atoms with Gasteiger partial charge in [0.05, 0.1) is 12.7 Å². The third-order valence-corrected chi connectivity index (χ3v) is 1.60. The van der Waals surface area contributed by atoms with E-state index in [0.29, 0.717) is 12.6 Å². The van der Waals surface area contributed by atoms with Crippen LogP contribution in [0.4, 0.5) is 0 Å². The molecule has 0 aliphatic carbocycles. The van der Waals surface area contributed by atoms with Crippen molar-refractivity contribution in [3.8, 4) is 0 Å². The van der Waals surface area contributed by atoms with Crippen molar-refractivity contribution in [3.63, 3.8) is 0 Å². The summed E-state index contributed by atoms with van der Waals surface area (Å²) < 4.78 is 1.87. The fourth-order valence-electron chi connectivity index (χ4n) is 1.01. The first kappa shape index (κ1) is 9.22. The van der Waals surface area contributed by atoms with Gasteiger partial charge in [0, 0.05) is 24.8 Å². The molecule has 4 nitrogen and oxygen atoms in total. The minimum Gasteiger partial charge on any atom is -0.314 e. The molecule has 0 amide bonds.